The molecule has 1 aromatic heterocycles. The Labute approximate surface area is 180 Å². The lowest BCUT2D eigenvalue weighted by Crippen LogP contribution is -2.55. The van der Waals surface area contributed by atoms with Crippen LogP contribution in [0.15, 0.2) is 65.1 Å². The largest absolute Gasteiger partial charge is 0.507 e. The number of phenolic OH excluding ortho intramolecular Hbond substituents is 1. The number of hydrogen-bond donors (Lipinski definition) is 2. The summed E-state index contributed by atoms with van der Waals surface area (Å²) >= 11 is 0.967. The molecular formula is C22H18F3N3O2S. The zero-order chi connectivity index (χ0) is 22.2. The maximum absolute atomic E-state index is 13.8. The van der Waals surface area contributed by atoms with Crippen molar-refractivity contribution in [1.82, 2.24) is 4.98 Å². The maximum atomic E-state index is 13.8. The van der Waals surface area contributed by atoms with E-state index in [4.69, 9.17) is 0 Å². The predicted molar refractivity (Wildman–Crippen MR) is 115 cm³/mol. The van der Waals surface area contributed by atoms with Crippen molar-refractivity contribution in [2.24, 2.45) is 5.10 Å². The Morgan fingerprint density at radius 3 is 2.48 bits per heavy atom. The Morgan fingerprint density at radius 1 is 1.10 bits per heavy atom. The number of hydrogen-bond acceptors (Lipinski definition) is 6. The number of halogens is 3. The van der Waals surface area contributed by atoms with Crippen LogP contribution >= 0.6 is 11.3 Å². The van der Waals surface area contributed by atoms with Gasteiger partial charge in [0, 0.05) is 16.5 Å². The SMILES string of the molecule is Cc1ccc(-c2csc(N3N=C(C=Cc4ccccc4O)CC3(O)C(F)(F)F)n2)cc1. The van der Waals surface area contributed by atoms with Crippen LogP contribution in [-0.2, 0) is 0 Å². The lowest BCUT2D eigenvalue weighted by atomic mass is 10.1. The molecule has 0 saturated heterocycles. The smallest absolute Gasteiger partial charge is 0.438 e. The van der Waals surface area contributed by atoms with E-state index < -0.39 is 18.3 Å². The van der Waals surface area contributed by atoms with Crippen LogP contribution in [-0.4, -0.2) is 32.8 Å². The highest BCUT2D eigenvalue weighted by Gasteiger charge is 2.62. The normalized spacial score (nSPS) is 19.3. The summed E-state index contributed by atoms with van der Waals surface area (Å²) in [5, 5.41) is 26.5. The summed E-state index contributed by atoms with van der Waals surface area (Å²) in [6, 6.07) is 13.8. The molecule has 2 N–H and O–H groups in total. The van der Waals surface area contributed by atoms with Gasteiger partial charge in [-0.2, -0.15) is 23.3 Å². The fraction of sp³-hybridized carbons (Fsp3) is 0.182. The molecule has 0 spiro atoms. The molecule has 5 nitrogen and oxygen atoms in total. The van der Waals surface area contributed by atoms with Crippen molar-refractivity contribution in [3.63, 3.8) is 0 Å². The van der Waals surface area contributed by atoms with Gasteiger partial charge in [0.25, 0.3) is 5.72 Å². The predicted octanol–water partition coefficient (Wildman–Crippen LogP) is 5.35. The van der Waals surface area contributed by atoms with Gasteiger partial charge in [-0.15, -0.1) is 11.3 Å². The van der Waals surface area contributed by atoms with Crippen molar-refractivity contribution in [1.29, 1.82) is 0 Å². The number of aryl methyl sites for hydroxylation is 1. The van der Waals surface area contributed by atoms with Crippen LogP contribution in [0.3, 0.4) is 0 Å². The van der Waals surface area contributed by atoms with E-state index in [0.29, 0.717) is 16.3 Å². The minimum Gasteiger partial charge on any atom is -0.507 e. The van der Waals surface area contributed by atoms with Crippen molar-refractivity contribution in [2.75, 3.05) is 5.01 Å². The van der Waals surface area contributed by atoms with Gasteiger partial charge < -0.3 is 10.2 Å². The van der Waals surface area contributed by atoms with Crippen molar-refractivity contribution < 1.29 is 23.4 Å². The monoisotopic (exact) mass is 445 g/mol. The van der Waals surface area contributed by atoms with Crippen molar-refractivity contribution in [3.8, 4) is 17.0 Å². The maximum Gasteiger partial charge on any atom is 0.438 e. The number of alkyl halides is 3. The second kappa shape index (κ2) is 7.82. The first-order valence-electron chi connectivity index (χ1n) is 9.33. The molecule has 0 saturated carbocycles. The molecule has 1 atom stereocenters. The van der Waals surface area contributed by atoms with Gasteiger partial charge in [-0.3, -0.25) is 0 Å². The van der Waals surface area contributed by atoms with Crippen LogP contribution in [0.1, 0.15) is 17.5 Å². The summed E-state index contributed by atoms with van der Waals surface area (Å²) in [4.78, 5) is 4.28. The Kier molecular flexibility index (Phi) is 5.32. The molecule has 2 heterocycles. The third-order valence-electron chi connectivity index (χ3n) is 4.87. The number of allylic oxidation sites excluding steroid dienone is 1. The van der Waals surface area contributed by atoms with E-state index in [1.807, 2.05) is 31.2 Å². The Hall–Kier alpha value is -3.17. The molecule has 4 rings (SSSR count). The summed E-state index contributed by atoms with van der Waals surface area (Å²) in [5.41, 5.74) is -0.473. The van der Waals surface area contributed by atoms with Crippen LogP contribution in [0.5, 0.6) is 5.75 Å². The standard InChI is InChI=1S/C22H18F3N3O2S/c1-14-6-8-15(9-7-14)18-13-31-20(26-18)28-21(30,22(23,24)25)12-17(27-28)11-10-16-4-2-3-5-19(16)29/h2-11,13,29-30H,12H2,1H3. The van der Waals surface area contributed by atoms with Crippen LogP contribution in [0, 0.1) is 6.92 Å². The van der Waals surface area contributed by atoms with Gasteiger partial charge in [0.15, 0.2) is 0 Å². The number of anilines is 1. The highest BCUT2D eigenvalue weighted by Crippen LogP contribution is 2.44. The molecule has 0 radical (unpaired) electrons. The van der Waals surface area contributed by atoms with Gasteiger partial charge in [0.05, 0.1) is 17.8 Å². The first-order chi connectivity index (χ1) is 14.7. The zero-order valence-corrected chi connectivity index (χ0v) is 17.2. The Bertz CT molecular complexity index is 1160. The van der Waals surface area contributed by atoms with Crippen LogP contribution in [0.4, 0.5) is 18.3 Å². The van der Waals surface area contributed by atoms with E-state index in [-0.39, 0.29) is 16.6 Å². The zero-order valence-electron chi connectivity index (χ0n) is 16.3. The minimum absolute atomic E-state index is 0.00941. The number of phenols is 1. The van der Waals surface area contributed by atoms with Gasteiger partial charge in [0.1, 0.15) is 5.75 Å². The first kappa shape index (κ1) is 21.1. The number of para-hydroxylation sites is 1. The third-order valence-corrected chi connectivity index (χ3v) is 5.69. The quantitative estimate of drug-likeness (QED) is 0.568. The van der Waals surface area contributed by atoms with E-state index in [1.165, 1.54) is 18.2 Å². The molecule has 9 heteroatoms. The Balaban J connectivity index is 1.68. The van der Waals surface area contributed by atoms with E-state index in [2.05, 4.69) is 10.1 Å². The van der Waals surface area contributed by atoms with Crippen molar-refractivity contribution in [3.05, 3.63) is 71.1 Å². The summed E-state index contributed by atoms with van der Waals surface area (Å²) in [5.74, 6) is -0.0112. The molecule has 160 valence electrons. The third kappa shape index (κ3) is 4.06. The van der Waals surface area contributed by atoms with Crippen LogP contribution < -0.4 is 5.01 Å². The summed E-state index contributed by atoms with van der Waals surface area (Å²) < 4.78 is 41.4. The number of aromatic nitrogens is 1. The van der Waals surface area contributed by atoms with E-state index in [0.717, 1.165) is 22.5 Å². The van der Waals surface area contributed by atoms with Gasteiger partial charge >= 0.3 is 6.18 Å². The number of nitrogens with zero attached hydrogens (tertiary/aromatic N) is 3. The number of aromatic hydroxyl groups is 1. The molecule has 2 aromatic carbocycles. The van der Waals surface area contributed by atoms with Gasteiger partial charge in [0.2, 0.25) is 5.13 Å². The van der Waals surface area contributed by atoms with Gasteiger partial charge in [-0.25, -0.2) is 4.98 Å². The first-order valence-corrected chi connectivity index (χ1v) is 10.2. The fourth-order valence-corrected chi connectivity index (χ4v) is 3.97. The highest BCUT2D eigenvalue weighted by molar-refractivity contribution is 7.14. The minimum atomic E-state index is -4.96. The number of aliphatic hydroxyl groups is 1. The second-order valence-corrected chi connectivity index (χ2v) is 8.00. The van der Waals surface area contributed by atoms with Crippen LogP contribution in [0.25, 0.3) is 17.3 Å². The lowest BCUT2D eigenvalue weighted by molar-refractivity contribution is -0.254. The molecule has 0 fully saturated rings. The molecule has 1 aliphatic heterocycles. The van der Waals surface area contributed by atoms with E-state index in [1.54, 1.807) is 23.6 Å². The molecule has 3 aromatic rings. The van der Waals surface area contributed by atoms with E-state index >= 15 is 0 Å². The molecule has 1 unspecified atom stereocenters. The molecule has 31 heavy (non-hydrogen) atoms. The van der Waals surface area contributed by atoms with E-state index in [9.17, 15) is 23.4 Å². The fourth-order valence-electron chi connectivity index (χ4n) is 3.12. The topological polar surface area (TPSA) is 69.0 Å². The molecule has 1 aliphatic rings. The molecule has 0 aliphatic carbocycles. The van der Waals surface area contributed by atoms with Gasteiger partial charge in [-0.1, -0.05) is 48.0 Å². The van der Waals surface area contributed by atoms with Crippen molar-refractivity contribution in [2.45, 2.75) is 25.2 Å². The summed E-state index contributed by atoms with van der Waals surface area (Å²) in [6.07, 6.45) is -2.93. The summed E-state index contributed by atoms with van der Waals surface area (Å²) in [6.45, 7) is 1.93. The molecule has 0 bridgehead atoms. The Morgan fingerprint density at radius 2 is 1.81 bits per heavy atom. The molecular weight excluding hydrogens is 427 g/mol. The van der Waals surface area contributed by atoms with Crippen molar-refractivity contribution >= 4 is 28.3 Å². The summed E-state index contributed by atoms with van der Waals surface area (Å²) in [7, 11) is 0. The average molecular weight is 445 g/mol. The lowest BCUT2D eigenvalue weighted by Gasteiger charge is -2.32. The number of thiazole rings is 1. The molecule has 0 amide bonds. The number of rotatable bonds is 4. The van der Waals surface area contributed by atoms with Crippen LogP contribution in [0.2, 0.25) is 0 Å². The number of hydrazone groups is 1. The van der Waals surface area contributed by atoms with Gasteiger partial charge in [-0.05, 0) is 25.1 Å². The second-order valence-electron chi connectivity index (χ2n) is 7.17. The number of benzene rings is 2. The highest BCUT2D eigenvalue weighted by atomic mass is 32.1. The average Bonchev–Trinajstić information content (AvgIpc) is 3.33.